The van der Waals surface area contributed by atoms with E-state index in [4.69, 9.17) is 4.74 Å². The first kappa shape index (κ1) is 19.5. The smallest absolute Gasteiger partial charge is 0.237 e. The van der Waals surface area contributed by atoms with Crippen molar-refractivity contribution >= 4 is 5.91 Å². The molecule has 0 aliphatic heterocycles. The van der Waals surface area contributed by atoms with E-state index >= 15 is 0 Å². The van der Waals surface area contributed by atoms with Gasteiger partial charge in [-0.05, 0) is 64.0 Å². The van der Waals surface area contributed by atoms with Crippen molar-refractivity contribution in [2.24, 2.45) is 0 Å². The maximum absolute atomic E-state index is 12.5. The minimum absolute atomic E-state index is 0.0591. The highest BCUT2D eigenvalue weighted by Gasteiger charge is 2.20. The number of amides is 1. The van der Waals surface area contributed by atoms with Gasteiger partial charge in [0, 0.05) is 6.54 Å². The van der Waals surface area contributed by atoms with Crippen LogP contribution in [0.15, 0.2) is 18.2 Å². The summed E-state index contributed by atoms with van der Waals surface area (Å²) in [5.74, 6) is 1.05. The summed E-state index contributed by atoms with van der Waals surface area (Å²) in [5.41, 5.74) is 2.38. The van der Waals surface area contributed by atoms with Gasteiger partial charge in [0.15, 0.2) is 0 Å². The molecule has 0 saturated heterocycles. The number of benzene rings is 1. The molecule has 1 rings (SSSR count). The van der Waals surface area contributed by atoms with Crippen LogP contribution < -0.4 is 4.74 Å². The number of carbonyl (C=O) groups is 1. The summed E-state index contributed by atoms with van der Waals surface area (Å²) < 4.78 is 5.91. The lowest BCUT2D eigenvalue weighted by Gasteiger charge is -2.30. The van der Waals surface area contributed by atoms with Crippen LogP contribution in [0.2, 0.25) is 0 Å². The van der Waals surface area contributed by atoms with Crippen molar-refractivity contribution in [1.82, 2.24) is 9.80 Å². The molecule has 0 fully saturated rings. The van der Waals surface area contributed by atoms with Crippen LogP contribution >= 0.6 is 0 Å². The van der Waals surface area contributed by atoms with Gasteiger partial charge in [-0.15, -0.1) is 0 Å². The predicted octanol–water partition coefficient (Wildman–Crippen LogP) is 3.26. The van der Waals surface area contributed by atoms with Gasteiger partial charge in [0.1, 0.15) is 12.4 Å². The number of hydrogen-bond acceptors (Lipinski definition) is 3. The van der Waals surface area contributed by atoms with Crippen molar-refractivity contribution < 1.29 is 9.53 Å². The molecule has 4 heteroatoms. The third kappa shape index (κ3) is 6.22. The highest BCUT2D eigenvalue weighted by Crippen LogP contribution is 2.17. The van der Waals surface area contributed by atoms with Gasteiger partial charge in [-0.2, -0.15) is 0 Å². The number of likely N-dealkylation sites (N-methyl/N-ethyl adjacent to an activating group) is 2. The van der Waals surface area contributed by atoms with Crippen molar-refractivity contribution in [2.75, 3.05) is 32.8 Å². The van der Waals surface area contributed by atoms with Crippen LogP contribution in [0.1, 0.15) is 38.8 Å². The molecule has 0 bridgehead atoms. The zero-order chi connectivity index (χ0) is 17.4. The van der Waals surface area contributed by atoms with Gasteiger partial charge in [0.25, 0.3) is 0 Å². The summed E-state index contributed by atoms with van der Waals surface area (Å²) in [4.78, 5) is 16.5. The van der Waals surface area contributed by atoms with E-state index in [1.807, 2.05) is 30.9 Å². The SMILES string of the molecule is CCN(CC)CC(=O)N(CC)C(C)COc1cc(C)cc(C)c1. The fourth-order valence-electron chi connectivity index (χ4n) is 2.79. The Kier molecular flexibility index (Phi) is 8.10. The van der Waals surface area contributed by atoms with E-state index < -0.39 is 0 Å². The number of hydrogen-bond donors (Lipinski definition) is 0. The third-order valence-corrected chi connectivity index (χ3v) is 4.13. The van der Waals surface area contributed by atoms with E-state index in [0.29, 0.717) is 19.7 Å². The van der Waals surface area contributed by atoms with Crippen LogP contribution in [0.25, 0.3) is 0 Å². The van der Waals surface area contributed by atoms with Crippen LogP contribution in [-0.2, 0) is 4.79 Å². The summed E-state index contributed by atoms with van der Waals surface area (Å²) >= 11 is 0. The summed E-state index contributed by atoms with van der Waals surface area (Å²) in [5, 5.41) is 0. The molecule has 0 saturated carbocycles. The Balaban J connectivity index is 2.62. The first-order valence-corrected chi connectivity index (χ1v) is 8.64. The molecule has 23 heavy (non-hydrogen) atoms. The molecule has 0 heterocycles. The molecule has 0 spiro atoms. The van der Waals surface area contributed by atoms with Crippen molar-refractivity contribution in [3.63, 3.8) is 0 Å². The Bertz CT molecular complexity index is 478. The molecule has 4 nitrogen and oxygen atoms in total. The van der Waals surface area contributed by atoms with Gasteiger partial charge in [0.2, 0.25) is 5.91 Å². The maximum Gasteiger partial charge on any atom is 0.237 e. The normalized spacial score (nSPS) is 12.3. The van der Waals surface area contributed by atoms with Crippen molar-refractivity contribution in [3.05, 3.63) is 29.3 Å². The van der Waals surface area contributed by atoms with E-state index in [-0.39, 0.29) is 11.9 Å². The molecule has 1 aromatic carbocycles. The van der Waals surface area contributed by atoms with Gasteiger partial charge in [-0.25, -0.2) is 0 Å². The molecule has 0 aromatic heterocycles. The molecule has 1 unspecified atom stereocenters. The minimum atomic E-state index is 0.0591. The summed E-state index contributed by atoms with van der Waals surface area (Å²) in [6.45, 7) is 15.9. The average molecular weight is 320 g/mol. The molecule has 1 atom stereocenters. The van der Waals surface area contributed by atoms with Gasteiger partial charge in [-0.1, -0.05) is 19.9 Å². The van der Waals surface area contributed by atoms with E-state index in [1.54, 1.807) is 0 Å². The molecular weight excluding hydrogens is 288 g/mol. The molecule has 0 aliphatic rings. The number of aryl methyl sites for hydroxylation is 2. The highest BCUT2D eigenvalue weighted by molar-refractivity contribution is 5.78. The van der Waals surface area contributed by atoms with Crippen LogP contribution in [-0.4, -0.2) is 54.5 Å². The minimum Gasteiger partial charge on any atom is -0.491 e. The van der Waals surface area contributed by atoms with Crippen molar-refractivity contribution in [1.29, 1.82) is 0 Å². The predicted molar refractivity (Wildman–Crippen MR) is 96.0 cm³/mol. The van der Waals surface area contributed by atoms with E-state index in [9.17, 15) is 4.79 Å². The number of rotatable bonds is 9. The summed E-state index contributed by atoms with van der Waals surface area (Å²) in [6, 6.07) is 6.26. The van der Waals surface area contributed by atoms with Crippen molar-refractivity contribution in [2.45, 2.75) is 47.6 Å². The third-order valence-electron chi connectivity index (χ3n) is 4.13. The van der Waals surface area contributed by atoms with Crippen LogP contribution in [0, 0.1) is 13.8 Å². The monoisotopic (exact) mass is 320 g/mol. The zero-order valence-corrected chi connectivity index (χ0v) is 15.6. The molecule has 130 valence electrons. The number of carbonyl (C=O) groups excluding carboxylic acids is 1. The standard InChI is InChI=1S/C19H32N2O2/c1-7-20(8-2)13-19(22)21(9-3)17(6)14-23-18-11-15(4)10-16(5)12-18/h10-12,17H,7-9,13-14H2,1-6H3. The molecule has 0 N–H and O–H groups in total. The van der Waals surface area contributed by atoms with E-state index in [1.165, 1.54) is 11.1 Å². The van der Waals surface area contributed by atoms with Gasteiger partial charge in [-0.3, -0.25) is 9.69 Å². The Morgan fingerprint density at radius 2 is 1.61 bits per heavy atom. The van der Waals surface area contributed by atoms with E-state index in [0.717, 1.165) is 18.8 Å². The molecule has 1 amide bonds. The first-order valence-electron chi connectivity index (χ1n) is 8.64. The van der Waals surface area contributed by atoms with Crippen LogP contribution in [0.4, 0.5) is 0 Å². The fourth-order valence-corrected chi connectivity index (χ4v) is 2.79. The molecule has 1 aromatic rings. The Morgan fingerprint density at radius 1 is 1.04 bits per heavy atom. The Morgan fingerprint density at radius 3 is 2.09 bits per heavy atom. The van der Waals surface area contributed by atoms with Gasteiger partial charge < -0.3 is 9.64 Å². The van der Waals surface area contributed by atoms with Gasteiger partial charge in [0.05, 0.1) is 12.6 Å². The lowest BCUT2D eigenvalue weighted by molar-refractivity contribution is -0.134. The Labute approximate surface area is 141 Å². The second-order valence-electron chi connectivity index (χ2n) is 6.12. The maximum atomic E-state index is 12.5. The fraction of sp³-hybridized carbons (Fsp3) is 0.632. The second kappa shape index (κ2) is 9.56. The largest absolute Gasteiger partial charge is 0.491 e. The molecular formula is C19H32N2O2. The molecule has 0 aliphatic carbocycles. The van der Waals surface area contributed by atoms with Crippen molar-refractivity contribution in [3.8, 4) is 5.75 Å². The average Bonchev–Trinajstić information content (AvgIpc) is 2.50. The lowest BCUT2D eigenvalue weighted by atomic mass is 10.1. The van der Waals surface area contributed by atoms with E-state index in [2.05, 4.69) is 38.7 Å². The molecule has 0 radical (unpaired) electrons. The first-order chi connectivity index (χ1) is 10.9. The number of nitrogens with zero attached hydrogens (tertiary/aromatic N) is 2. The zero-order valence-electron chi connectivity index (χ0n) is 15.6. The summed E-state index contributed by atoms with van der Waals surface area (Å²) in [7, 11) is 0. The van der Waals surface area contributed by atoms with Crippen LogP contribution in [0.3, 0.4) is 0 Å². The quantitative estimate of drug-likeness (QED) is 0.700. The number of ether oxygens (including phenoxy) is 1. The van der Waals surface area contributed by atoms with Gasteiger partial charge >= 0.3 is 0 Å². The highest BCUT2D eigenvalue weighted by atomic mass is 16.5. The Hall–Kier alpha value is -1.55. The summed E-state index contributed by atoms with van der Waals surface area (Å²) in [6.07, 6.45) is 0. The topological polar surface area (TPSA) is 32.8 Å². The second-order valence-corrected chi connectivity index (χ2v) is 6.12. The van der Waals surface area contributed by atoms with Crippen LogP contribution in [0.5, 0.6) is 5.75 Å². The lowest BCUT2D eigenvalue weighted by Crippen LogP contribution is -2.46.